The van der Waals surface area contributed by atoms with Crippen LogP contribution in [0.5, 0.6) is 63.2 Å². The highest BCUT2D eigenvalue weighted by Gasteiger charge is 2.43. The number of methoxy groups -OCH3 is 2. The summed E-state index contributed by atoms with van der Waals surface area (Å²) in [6.07, 6.45) is 1.05. The molecule has 0 amide bonds. The van der Waals surface area contributed by atoms with E-state index < -0.39 is 30.5 Å². The molecule has 0 unspecified atom stereocenters. The van der Waals surface area contributed by atoms with E-state index in [9.17, 15) is 46.0 Å². The van der Waals surface area contributed by atoms with Gasteiger partial charge < -0.3 is 60.2 Å². The lowest BCUT2D eigenvalue weighted by atomic mass is 9.79. The smallest absolute Gasteiger partial charge is 0.160 e. The van der Waals surface area contributed by atoms with Gasteiger partial charge in [0, 0.05) is 46.7 Å². The second kappa shape index (κ2) is 14.2. The quantitative estimate of drug-likeness (QED) is 0.0734. The van der Waals surface area contributed by atoms with Crippen LogP contribution >= 0.6 is 0 Å². The third-order valence-corrected chi connectivity index (χ3v) is 10.7. The third kappa shape index (κ3) is 6.45. The summed E-state index contributed by atoms with van der Waals surface area (Å²) >= 11 is 0. The number of allylic oxidation sites excluding steroid dienone is 1. The maximum Gasteiger partial charge on any atom is 0.160 e. The Kier molecular flexibility index (Phi) is 9.13. The molecule has 4 atom stereocenters. The van der Waals surface area contributed by atoms with Gasteiger partial charge in [0.15, 0.2) is 23.0 Å². The van der Waals surface area contributed by atoms with Gasteiger partial charge in [0.2, 0.25) is 0 Å². The number of hydrogen-bond donors (Lipinski definition) is 9. The zero-order chi connectivity index (χ0) is 40.3. The standard InChI is InChI=1S/C45H38O12/c1-55-38-14-22(3-5-35(38)52)42-40(24-10-27(47)16-28(48)11-24)32(33-18-31(51)19-37(54)43(33)42)8-21-7-26(20-46)44-34(9-21)41(25-12-29(49)17-30(50)13-25)45(57-44)23-4-6-36(53)39(15-23)56-2/h3-19,40-42,45-54H,20H2,1-2H3/b32-8-/t40-,41-,42+,45+/m1/s1. The number of hydrogen-bond acceptors (Lipinski definition) is 12. The van der Waals surface area contributed by atoms with Crippen molar-refractivity contribution in [1.29, 1.82) is 0 Å². The van der Waals surface area contributed by atoms with Crippen LogP contribution in [-0.4, -0.2) is 60.2 Å². The molecule has 57 heavy (non-hydrogen) atoms. The second-order valence-electron chi connectivity index (χ2n) is 14.2. The summed E-state index contributed by atoms with van der Waals surface area (Å²) in [5.41, 5.74) is 5.18. The largest absolute Gasteiger partial charge is 0.508 e. The number of aliphatic hydroxyl groups excluding tert-OH is 1. The fourth-order valence-corrected chi connectivity index (χ4v) is 8.42. The van der Waals surface area contributed by atoms with E-state index in [4.69, 9.17) is 14.2 Å². The predicted octanol–water partition coefficient (Wildman–Crippen LogP) is 7.58. The number of phenols is 8. The SMILES string of the molecule is COc1cc([C@@H]2c3c(O)cc(O)cc3/C(=C/c3cc(CO)c4c(c3)[C@@H](c3cc(O)cc(O)c3)[C@H](c3ccc(O)c(OC)c3)O4)[C@H]2c2cc(O)cc(O)c2)ccc1O. The molecule has 0 fully saturated rings. The molecule has 12 heteroatoms. The van der Waals surface area contributed by atoms with Crippen molar-refractivity contribution in [3.05, 3.63) is 147 Å². The van der Waals surface area contributed by atoms with E-state index in [0.717, 1.165) is 0 Å². The molecule has 2 aliphatic rings. The summed E-state index contributed by atoms with van der Waals surface area (Å²) in [7, 11) is 2.84. The van der Waals surface area contributed by atoms with Crippen molar-refractivity contribution < 1.29 is 60.2 Å². The van der Waals surface area contributed by atoms with Crippen LogP contribution in [0.15, 0.2) is 97.1 Å². The van der Waals surface area contributed by atoms with Gasteiger partial charge in [0.05, 0.1) is 26.7 Å². The van der Waals surface area contributed by atoms with E-state index in [-0.39, 0.29) is 57.5 Å². The molecule has 9 N–H and O–H groups in total. The molecule has 0 saturated carbocycles. The van der Waals surface area contributed by atoms with Gasteiger partial charge >= 0.3 is 0 Å². The summed E-state index contributed by atoms with van der Waals surface area (Å²) in [5, 5.41) is 96.7. The Balaban J connectivity index is 1.38. The van der Waals surface area contributed by atoms with Gasteiger partial charge in [-0.1, -0.05) is 18.2 Å². The Morgan fingerprint density at radius 1 is 0.544 bits per heavy atom. The van der Waals surface area contributed by atoms with Crippen LogP contribution < -0.4 is 14.2 Å². The number of phenolic OH excluding ortho intramolecular Hbond substituents is 8. The summed E-state index contributed by atoms with van der Waals surface area (Å²) in [5.74, 6) is -2.74. The van der Waals surface area contributed by atoms with Gasteiger partial charge in [-0.25, -0.2) is 0 Å². The van der Waals surface area contributed by atoms with Crippen molar-refractivity contribution in [3.63, 3.8) is 0 Å². The molecule has 12 nitrogen and oxygen atoms in total. The zero-order valence-electron chi connectivity index (χ0n) is 30.6. The van der Waals surface area contributed by atoms with Crippen LogP contribution in [0.3, 0.4) is 0 Å². The average Bonchev–Trinajstić information content (AvgIpc) is 3.70. The second-order valence-corrected chi connectivity index (χ2v) is 14.2. The molecular formula is C45H38O12. The summed E-state index contributed by atoms with van der Waals surface area (Å²) in [6, 6.07) is 24.3. The Morgan fingerprint density at radius 2 is 1.09 bits per heavy atom. The van der Waals surface area contributed by atoms with E-state index in [1.165, 1.54) is 74.9 Å². The van der Waals surface area contributed by atoms with Gasteiger partial charge in [0.25, 0.3) is 0 Å². The summed E-state index contributed by atoms with van der Waals surface area (Å²) in [4.78, 5) is 0. The maximum atomic E-state index is 11.5. The molecule has 6 aromatic rings. The van der Waals surface area contributed by atoms with E-state index in [2.05, 4.69) is 0 Å². The third-order valence-electron chi connectivity index (χ3n) is 10.7. The topological polar surface area (TPSA) is 210 Å². The van der Waals surface area contributed by atoms with Crippen LogP contribution in [0.1, 0.15) is 73.9 Å². The summed E-state index contributed by atoms with van der Waals surface area (Å²) in [6.45, 7) is -0.444. The minimum atomic E-state index is -0.776. The van der Waals surface area contributed by atoms with E-state index in [0.29, 0.717) is 61.4 Å². The Labute approximate surface area is 326 Å². The number of aliphatic hydroxyl groups is 1. The van der Waals surface area contributed by atoms with E-state index in [1.54, 1.807) is 30.3 Å². The maximum absolute atomic E-state index is 11.5. The highest BCUT2D eigenvalue weighted by atomic mass is 16.5. The Morgan fingerprint density at radius 3 is 1.67 bits per heavy atom. The van der Waals surface area contributed by atoms with Crippen molar-refractivity contribution in [2.24, 2.45) is 0 Å². The zero-order valence-corrected chi connectivity index (χ0v) is 30.6. The van der Waals surface area contributed by atoms with Crippen LogP contribution in [0.25, 0.3) is 11.6 Å². The van der Waals surface area contributed by atoms with Crippen molar-refractivity contribution in [3.8, 4) is 63.2 Å². The Bertz CT molecular complexity index is 2560. The summed E-state index contributed by atoms with van der Waals surface area (Å²) < 4.78 is 17.4. The van der Waals surface area contributed by atoms with Crippen molar-refractivity contribution in [2.75, 3.05) is 14.2 Å². The molecule has 0 radical (unpaired) electrons. The molecule has 1 aliphatic heterocycles. The first-order chi connectivity index (χ1) is 27.4. The Hall–Kier alpha value is -7.18. The first-order valence-corrected chi connectivity index (χ1v) is 17.9. The fraction of sp³-hybridized carbons (Fsp3) is 0.156. The molecule has 0 saturated heterocycles. The van der Waals surface area contributed by atoms with Gasteiger partial charge in [-0.05, 0) is 106 Å². The molecule has 0 spiro atoms. The lowest BCUT2D eigenvalue weighted by Gasteiger charge is -2.24. The minimum absolute atomic E-state index is 0.0825. The van der Waals surface area contributed by atoms with Gasteiger partial charge in [-0.2, -0.15) is 0 Å². The number of fused-ring (bicyclic) bond motifs is 2. The van der Waals surface area contributed by atoms with E-state index in [1.807, 2.05) is 12.1 Å². The number of aromatic hydroxyl groups is 8. The van der Waals surface area contributed by atoms with Crippen LogP contribution in [-0.2, 0) is 6.61 Å². The lowest BCUT2D eigenvalue weighted by molar-refractivity contribution is 0.211. The molecule has 1 heterocycles. The van der Waals surface area contributed by atoms with Crippen LogP contribution in [0, 0.1) is 0 Å². The molecule has 0 bridgehead atoms. The molecule has 1 aliphatic carbocycles. The van der Waals surface area contributed by atoms with E-state index >= 15 is 0 Å². The van der Waals surface area contributed by atoms with Crippen LogP contribution in [0.4, 0.5) is 0 Å². The molecule has 0 aromatic heterocycles. The highest BCUT2D eigenvalue weighted by Crippen LogP contribution is 2.60. The molecule has 8 rings (SSSR count). The predicted molar refractivity (Wildman–Crippen MR) is 209 cm³/mol. The van der Waals surface area contributed by atoms with Crippen LogP contribution in [0.2, 0.25) is 0 Å². The normalized spacial score (nSPS) is 18.9. The number of rotatable bonds is 8. The lowest BCUT2D eigenvalue weighted by Crippen LogP contribution is -2.11. The first-order valence-electron chi connectivity index (χ1n) is 17.9. The number of benzene rings is 6. The fourth-order valence-electron chi connectivity index (χ4n) is 8.42. The molecule has 290 valence electrons. The monoisotopic (exact) mass is 770 g/mol. The van der Waals surface area contributed by atoms with Gasteiger partial charge in [0.1, 0.15) is 46.4 Å². The minimum Gasteiger partial charge on any atom is -0.508 e. The molecule has 6 aromatic carbocycles. The van der Waals surface area contributed by atoms with Crippen molar-refractivity contribution >= 4 is 11.6 Å². The highest BCUT2D eigenvalue weighted by molar-refractivity contribution is 5.93. The van der Waals surface area contributed by atoms with Crippen molar-refractivity contribution in [2.45, 2.75) is 30.5 Å². The van der Waals surface area contributed by atoms with Gasteiger partial charge in [-0.15, -0.1) is 0 Å². The van der Waals surface area contributed by atoms with Crippen molar-refractivity contribution in [1.82, 2.24) is 0 Å². The average molecular weight is 771 g/mol. The molecular weight excluding hydrogens is 732 g/mol. The number of ether oxygens (including phenoxy) is 3. The first kappa shape index (κ1) is 36.8. The van der Waals surface area contributed by atoms with Gasteiger partial charge in [-0.3, -0.25) is 0 Å².